The Morgan fingerprint density at radius 2 is 2.15 bits per heavy atom. The summed E-state index contributed by atoms with van der Waals surface area (Å²) in [4.78, 5) is 14.4. The lowest BCUT2D eigenvalue weighted by Gasteiger charge is -2.23. The van der Waals surface area contributed by atoms with Crippen LogP contribution in [-0.2, 0) is 14.9 Å². The molecule has 1 saturated heterocycles. The molecule has 0 bridgehead atoms. The van der Waals surface area contributed by atoms with E-state index in [4.69, 9.17) is 10.3 Å². The predicted octanol–water partition coefficient (Wildman–Crippen LogP) is 1.92. The summed E-state index contributed by atoms with van der Waals surface area (Å²) in [7, 11) is -3.76. The summed E-state index contributed by atoms with van der Waals surface area (Å²) in [6.45, 7) is 11.0. The molecule has 2 N–H and O–H groups in total. The average molecular weight is 388 g/mol. The van der Waals surface area contributed by atoms with Crippen LogP contribution in [0.2, 0.25) is 0 Å². The van der Waals surface area contributed by atoms with Gasteiger partial charge in [-0.05, 0) is 38.6 Å². The van der Waals surface area contributed by atoms with Crippen molar-refractivity contribution in [1.29, 1.82) is 0 Å². The molecule has 1 amide bonds. The zero-order valence-corrected chi connectivity index (χ0v) is 16.5. The normalized spacial score (nSPS) is 23.9. The second-order valence-corrected chi connectivity index (χ2v) is 9.14. The molecule has 1 unspecified atom stereocenters. The van der Waals surface area contributed by atoms with Crippen molar-refractivity contribution < 1.29 is 17.9 Å². The lowest BCUT2D eigenvalue weighted by atomic mass is 9.87. The molecule has 10 nitrogen and oxygen atoms in total. The van der Waals surface area contributed by atoms with E-state index < -0.39 is 27.4 Å². The van der Waals surface area contributed by atoms with Crippen LogP contribution in [0, 0.1) is 5.92 Å². The Morgan fingerprint density at radius 3 is 2.69 bits per heavy atom. The Hall–Kier alpha value is -1.81. The monoisotopic (exact) mass is 388 g/mol. The Morgan fingerprint density at radius 1 is 1.50 bits per heavy atom. The van der Waals surface area contributed by atoms with Crippen molar-refractivity contribution in [3.8, 4) is 0 Å². The van der Waals surface area contributed by atoms with Gasteiger partial charge in [0, 0.05) is 31.1 Å². The fourth-order valence-corrected chi connectivity index (χ4v) is 4.02. The summed E-state index contributed by atoms with van der Waals surface area (Å²) in [6.07, 6.45) is 1.62. The minimum absolute atomic E-state index is 0.0163. The van der Waals surface area contributed by atoms with Crippen LogP contribution in [0.3, 0.4) is 0 Å². The molecule has 0 aromatic rings. The maximum absolute atomic E-state index is 12.5. The van der Waals surface area contributed by atoms with E-state index >= 15 is 0 Å². The van der Waals surface area contributed by atoms with Gasteiger partial charge in [0.1, 0.15) is 5.60 Å². The third kappa shape index (κ3) is 6.49. The largest absolute Gasteiger partial charge is 0.444 e. The summed E-state index contributed by atoms with van der Waals surface area (Å²) in [6, 6.07) is 0. The number of hydrogen-bond donors (Lipinski definition) is 2. The van der Waals surface area contributed by atoms with E-state index in [1.54, 1.807) is 33.8 Å². The highest BCUT2D eigenvalue weighted by Gasteiger charge is 2.45. The number of carbonyl (C=O) groups is 1. The Kier molecular flexibility index (Phi) is 7.45. The van der Waals surface area contributed by atoms with E-state index in [0.717, 1.165) is 0 Å². The first-order valence-electron chi connectivity index (χ1n) is 8.32. The van der Waals surface area contributed by atoms with E-state index in [-0.39, 0.29) is 32.1 Å². The number of azide groups is 1. The number of rotatable bonds is 8. The molecule has 0 aromatic carbocycles. The van der Waals surface area contributed by atoms with Crippen LogP contribution in [0.1, 0.15) is 34.1 Å². The molecule has 0 aliphatic carbocycles. The van der Waals surface area contributed by atoms with Crippen LogP contribution in [0.15, 0.2) is 17.8 Å². The third-order valence-corrected chi connectivity index (χ3v) is 5.47. The van der Waals surface area contributed by atoms with Gasteiger partial charge in [-0.3, -0.25) is 0 Å². The standard InChI is InChI=1S/C15H28N6O4S/c1-6-7-12-10-21(11-15(12,5)19-20-16)26(23,24)18-9-8-17-13(22)25-14(2,3)4/h6,12,18H,1,7-11H2,2-5H3,(H,17,22)/t12-,15?/m0/s1. The number of amides is 1. The zero-order chi connectivity index (χ0) is 20.0. The van der Waals surface area contributed by atoms with Gasteiger partial charge in [-0.15, -0.1) is 6.58 Å². The molecule has 1 fully saturated rings. The van der Waals surface area contributed by atoms with Crippen LogP contribution in [0.4, 0.5) is 4.79 Å². The van der Waals surface area contributed by atoms with Crippen LogP contribution in [-0.4, -0.2) is 56.1 Å². The van der Waals surface area contributed by atoms with Gasteiger partial charge in [0.25, 0.3) is 10.2 Å². The van der Waals surface area contributed by atoms with Crippen molar-refractivity contribution >= 4 is 16.3 Å². The smallest absolute Gasteiger partial charge is 0.407 e. The summed E-state index contributed by atoms with van der Waals surface area (Å²) < 4.78 is 33.7. The summed E-state index contributed by atoms with van der Waals surface area (Å²) in [5, 5.41) is 6.28. The number of alkyl carbamates (subject to hydrolysis) is 1. The van der Waals surface area contributed by atoms with Crippen molar-refractivity contribution in [2.24, 2.45) is 11.0 Å². The molecule has 2 atom stereocenters. The number of allylic oxidation sites excluding steroid dienone is 1. The van der Waals surface area contributed by atoms with Crippen molar-refractivity contribution in [3.05, 3.63) is 23.1 Å². The lowest BCUT2D eigenvalue weighted by molar-refractivity contribution is 0.0529. The third-order valence-electron chi connectivity index (χ3n) is 3.94. The SMILES string of the molecule is C=CC[C@H]1CN(S(=O)(=O)NCCNC(=O)OC(C)(C)C)CC1(C)N=[N+]=[N-]. The second kappa shape index (κ2) is 8.72. The van der Waals surface area contributed by atoms with Crippen LogP contribution >= 0.6 is 0 Å². The molecule has 0 aromatic heterocycles. The number of nitrogens with zero attached hydrogens (tertiary/aromatic N) is 4. The molecule has 1 rings (SSSR count). The van der Waals surface area contributed by atoms with Crippen LogP contribution in [0.5, 0.6) is 0 Å². The maximum atomic E-state index is 12.5. The molecule has 0 radical (unpaired) electrons. The van der Waals surface area contributed by atoms with E-state index in [1.165, 1.54) is 4.31 Å². The first-order valence-corrected chi connectivity index (χ1v) is 9.76. The quantitative estimate of drug-likeness (QED) is 0.216. The molecule has 1 heterocycles. The Bertz CT molecular complexity index is 668. The fraction of sp³-hybridized carbons (Fsp3) is 0.800. The fourth-order valence-electron chi connectivity index (χ4n) is 2.67. The number of nitrogens with one attached hydrogen (secondary N) is 2. The highest BCUT2D eigenvalue weighted by atomic mass is 32.2. The maximum Gasteiger partial charge on any atom is 0.407 e. The van der Waals surface area contributed by atoms with Gasteiger partial charge in [-0.25, -0.2) is 9.52 Å². The molecule has 11 heteroatoms. The first-order chi connectivity index (χ1) is 11.9. The predicted molar refractivity (Wildman–Crippen MR) is 98.6 cm³/mol. The summed E-state index contributed by atoms with van der Waals surface area (Å²) in [5.41, 5.74) is 7.32. The second-order valence-electron chi connectivity index (χ2n) is 7.39. The summed E-state index contributed by atoms with van der Waals surface area (Å²) >= 11 is 0. The van der Waals surface area contributed by atoms with Gasteiger partial charge in [0.2, 0.25) is 0 Å². The molecule has 26 heavy (non-hydrogen) atoms. The highest BCUT2D eigenvalue weighted by molar-refractivity contribution is 7.87. The van der Waals surface area contributed by atoms with E-state index in [9.17, 15) is 13.2 Å². The van der Waals surface area contributed by atoms with Crippen LogP contribution < -0.4 is 10.0 Å². The van der Waals surface area contributed by atoms with Crippen LogP contribution in [0.25, 0.3) is 10.4 Å². The lowest BCUT2D eigenvalue weighted by Crippen LogP contribution is -2.44. The molecular formula is C15H28N6O4S. The zero-order valence-electron chi connectivity index (χ0n) is 15.7. The van der Waals surface area contributed by atoms with E-state index in [2.05, 4.69) is 26.6 Å². The Labute approximate surface area is 154 Å². The van der Waals surface area contributed by atoms with Gasteiger partial charge >= 0.3 is 6.09 Å². The van der Waals surface area contributed by atoms with Gasteiger partial charge in [-0.1, -0.05) is 18.1 Å². The molecule has 0 spiro atoms. The van der Waals surface area contributed by atoms with Gasteiger partial charge < -0.3 is 10.1 Å². The molecule has 0 saturated carbocycles. The minimum atomic E-state index is -3.76. The van der Waals surface area contributed by atoms with Gasteiger partial charge in [0.05, 0.1) is 5.54 Å². The number of ether oxygens (including phenoxy) is 1. The number of carbonyl (C=O) groups excluding carboxylic acids is 1. The van der Waals surface area contributed by atoms with Crippen molar-refractivity contribution in [1.82, 2.24) is 14.3 Å². The summed E-state index contributed by atoms with van der Waals surface area (Å²) in [5.74, 6) is -0.146. The van der Waals surface area contributed by atoms with Crippen molar-refractivity contribution in [2.75, 3.05) is 26.2 Å². The van der Waals surface area contributed by atoms with Gasteiger partial charge in [-0.2, -0.15) is 12.7 Å². The highest BCUT2D eigenvalue weighted by Crippen LogP contribution is 2.35. The van der Waals surface area contributed by atoms with Gasteiger partial charge in [0.15, 0.2) is 0 Å². The minimum Gasteiger partial charge on any atom is -0.444 e. The number of hydrogen-bond acceptors (Lipinski definition) is 5. The van der Waals surface area contributed by atoms with E-state index in [0.29, 0.717) is 6.42 Å². The molecule has 148 valence electrons. The molecular weight excluding hydrogens is 360 g/mol. The Balaban J connectivity index is 2.59. The molecule has 1 aliphatic rings. The molecule has 1 aliphatic heterocycles. The van der Waals surface area contributed by atoms with Crippen molar-refractivity contribution in [3.63, 3.8) is 0 Å². The average Bonchev–Trinajstić information content (AvgIpc) is 2.81. The first kappa shape index (κ1) is 22.2. The van der Waals surface area contributed by atoms with E-state index in [1.807, 2.05) is 0 Å². The van der Waals surface area contributed by atoms with Crippen molar-refractivity contribution in [2.45, 2.75) is 45.3 Å². The topological polar surface area (TPSA) is 137 Å².